The van der Waals surface area contributed by atoms with Crippen LogP contribution in [0.25, 0.3) is 0 Å². The van der Waals surface area contributed by atoms with Gasteiger partial charge < -0.3 is 10.6 Å². The zero-order chi connectivity index (χ0) is 15.5. The van der Waals surface area contributed by atoms with Crippen molar-refractivity contribution in [3.05, 3.63) is 29.8 Å². The van der Waals surface area contributed by atoms with Gasteiger partial charge in [0.1, 0.15) is 0 Å². The highest BCUT2D eigenvalue weighted by atomic mass is 15.3. The standard InChI is InChI=1S/C18H31N3/c1-15(2)13-18(4,14-19)21-10-8-20(9-11-21)17-7-5-6-16(3)12-17/h5-7,12,15H,8-11,13-14,19H2,1-4H3. The van der Waals surface area contributed by atoms with E-state index in [0.29, 0.717) is 5.92 Å². The molecule has 21 heavy (non-hydrogen) atoms. The van der Waals surface area contributed by atoms with Crippen molar-refractivity contribution in [1.82, 2.24) is 4.90 Å². The summed E-state index contributed by atoms with van der Waals surface area (Å²) >= 11 is 0. The Morgan fingerprint density at radius 2 is 1.86 bits per heavy atom. The van der Waals surface area contributed by atoms with Gasteiger partial charge in [-0.1, -0.05) is 26.0 Å². The third-order valence-electron chi connectivity index (χ3n) is 4.70. The molecular weight excluding hydrogens is 258 g/mol. The molecule has 1 atom stereocenters. The predicted octanol–water partition coefficient (Wildman–Crippen LogP) is 2.88. The molecular formula is C18H31N3. The van der Waals surface area contributed by atoms with E-state index >= 15 is 0 Å². The first kappa shape index (κ1) is 16.3. The average Bonchev–Trinajstić information content (AvgIpc) is 2.46. The lowest BCUT2D eigenvalue weighted by atomic mass is 9.88. The van der Waals surface area contributed by atoms with E-state index in [-0.39, 0.29) is 5.54 Å². The minimum atomic E-state index is 0.146. The molecule has 1 aromatic rings. The van der Waals surface area contributed by atoms with Gasteiger partial charge in [0.05, 0.1) is 0 Å². The number of hydrogen-bond donors (Lipinski definition) is 1. The number of aryl methyl sites for hydroxylation is 1. The highest BCUT2D eigenvalue weighted by molar-refractivity contribution is 5.48. The van der Waals surface area contributed by atoms with Gasteiger partial charge in [-0.15, -0.1) is 0 Å². The molecule has 0 saturated carbocycles. The maximum absolute atomic E-state index is 6.10. The van der Waals surface area contributed by atoms with Crippen molar-refractivity contribution >= 4 is 5.69 Å². The zero-order valence-corrected chi connectivity index (χ0v) is 14.1. The number of hydrogen-bond acceptors (Lipinski definition) is 3. The van der Waals surface area contributed by atoms with Gasteiger partial charge in [-0.3, -0.25) is 4.90 Å². The Hall–Kier alpha value is -1.06. The van der Waals surface area contributed by atoms with E-state index in [1.165, 1.54) is 17.7 Å². The second kappa shape index (κ2) is 6.80. The van der Waals surface area contributed by atoms with Crippen LogP contribution in [0.2, 0.25) is 0 Å². The van der Waals surface area contributed by atoms with Crippen LogP contribution < -0.4 is 10.6 Å². The summed E-state index contributed by atoms with van der Waals surface area (Å²) in [4.78, 5) is 5.09. The SMILES string of the molecule is Cc1cccc(N2CCN(C(C)(CN)CC(C)C)CC2)c1. The van der Waals surface area contributed by atoms with E-state index in [1.54, 1.807) is 0 Å². The molecule has 1 unspecified atom stereocenters. The molecule has 1 fully saturated rings. The minimum Gasteiger partial charge on any atom is -0.369 e. The third kappa shape index (κ3) is 3.98. The van der Waals surface area contributed by atoms with Gasteiger partial charge in [0.25, 0.3) is 0 Å². The van der Waals surface area contributed by atoms with E-state index in [4.69, 9.17) is 5.73 Å². The van der Waals surface area contributed by atoms with Gasteiger partial charge in [0.15, 0.2) is 0 Å². The normalized spacial score (nSPS) is 19.8. The number of anilines is 1. The zero-order valence-electron chi connectivity index (χ0n) is 14.1. The largest absolute Gasteiger partial charge is 0.369 e. The van der Waals surface area contributed by atoms with Crippen LogP contribution in [0.5, 0.6) is 0 Å². The predicted molar refractivity (Wildman–Crippen MR) is 91.9 cm³/mol. The minimum absolute atomic E-state index is 0.146. The fraction of sp³-hybridized carbons (Fsp3) is 0.667. The van der Waals surface area contributed by atoms with Gasteiger partial charge in [-0.05, 0) is 43.9 Å². The summed E-state index contributed by atoms with van der Waals surface area (Å²) in [6, 6.07) is 8.82. The Morgan fingerprint density at radius 1 is 1.19 bits per heavy atom. The average molecular weight is 289 g/mol. The van der Waals surface area contributed by atoms with Gasteiger partial charge in [0, 0.05) is 44.0 Å². The summed E-state index contributed by atoms with van der Waals surface area (Å²) < 4.78 is 0. The number of benzene rings is 1. The molecule has 1 aliphatic heterocycles. The maximum Gasteiger partial charge on any atom is 0.0369 e. The lowest BCUT2D eigenvalue weighted by Gasteiger charge is -2.47. The molecule has 1 saturated heterocycles. The molecule has 1 heterocycles. The molecule has 1 aliphatic rings. The molecule has 0 aromatic heterocycles. The van der Waals surface area contributed by atoms with Crippen LogP contribution in [-0.4, -0.2) is 43.2 Å². The van der Waals surface area contributed by atoms with Crippen LogP contribution in [-0.2, 0) is 0 Å². The molecule has 0 aliphatic carbocycles. The monoisotopic (exact) mass is 289 g/mol. The highest BCUT2D eigenvalue weighted by Crippen LogP contribution is 2.26. The van der Waals surface area contributed by atoms with Crippen LogP contribution in [0.3, 0.4) is 0 Å². The Kier molecular flexibility index (Phi) is 5.28. The van der Waals surface area contributed by atoms with Crippen molar-refractivity contribution in [1.29, 1.82) is 0 Å². The van der Waals surface area contributed by atoms with E-state index < -0.39 is 0 Å². The molecule has 3 nitrogen and oxygen atoms in total. The molecule has 2 N–H and O–H groups in total. The molecule has 0 radical (unpaired) electrons. The fourth-order valence-electron chi connectivity index (χ4n) is 3.55. The molecule has 1 aromatic carbocycles. The molecule has 0 amide bonds. The van der Waals surface area contributed by atoms with Crippen LogP contribution in [0.15, 0.2) is 24.3 Å². The van der Waals surface area contributed by atoms with Crippen LogP contribution in [0.4, 0.5) is 5.69 Å². The summed E-state index contributed by atoms with van der Waals surface area (Å²) in [6.07, 6.45) is 1.17. The van der Waals surface area contributed by atoms with Crippen LogP contribution >= 0.6 is 0 Å². The van der Waals surface area contributed by atoms with E-state index in [1.807, 2.05) is 0 Å². The first-order valence-electron chi connectivity index (χ1n) is 8.21. The highest BCUT2D eigenvalue weighted by Gasteiger charge is 2.33. The topological polar surface area (TPSA) is 32.5 Å². The maximum atomic E-state index is 6.10. The van der Waals surface area contributed by atoms with Crippen molar-refractivity contribution in [2.75, 3.05) is 37.6 Å². The third-order valence-corrected chi connectivity index (χ3v) is 4.70. The Bertz CT molecular complexity index is 450. The van der Waals surface area contributed by atoms with Gasteiger partial charge in [0.2, 0.25) is 0 Å². The quantitative estimate of drug-likeness (QED) is 0.904. The fourth-order valence-corrected chi connectivity index (χ4v) is 3.55. The lowest BCUT2D eigenvalue weighted by molar-refractivity contribution is 0.0826. The van der Waals surface area contributed by atoms with Crippen molar-refractivity contribution < 1.29 is 0 Å². The Morgan fingerprint density at radius 3 is 2.38 bits per heavy atom. The molecule has 0 spiro atoms. The number of rotatable bonds is 5. The lowest BCUT2D eigenvalue weighted by Crippen LogP contribution is -2.59. The van der Waals surface area contributed by atoms with Crippen molar-refractivity contribution in [3.63, 3.8) is 0 Å². The summed E-state index contributed by atoms with van der Waals surface area (Å²) in [5.74, 6) is 0.688. The van der Waals surface area contributed by atoms with E-state index in [0.717, 1.165) is 32.7 Å². The smallest absolute Gasteiger partial charge is 0.0369 e. The number of piperazine rings is 1. The van der Waals surface area contributed by atoms with Crippen molar-refractivity contribution in [2.24, 2.45) is 11.7 Å². The molecule has 118 valence electrons. The summed E-state index contributed by atoms with van der Waals surface area (Å²) in [6.45, 7) is 14.2. The van der Waals surface area contributed by atoms with Crippen LogP contribution in [0.1, 0.15) is 32.8 Å². The van der Waals surface area contributed by atoms with Crippen molar-refractivity contribution in [2.45, 2.75) is 39.7 Å². The second-order valence-corrected chi connectivity index (χ2v) is 7.11. The summed E-state index contributed by atoms with van der Waals surface area (Å²) in [5.41, 5.74) is 8.93. The molecule has 3 heteroatoms. The summed E-state index contributed by atoms with van der Waals surface area (Å²) in [5, 5.41) is 0. The Balaban J connectivity index is 1.99. The first-order chi connectivity index (χ1) is 9.94. The van der Waals surface area contributed by atoms with Crippen molar-refractivity contribution in [3.8, 4) is 0 Å². The second-order valence-electron chi connectivity index (χ2n) is 7.11. The number of nitrogens with zero attached hydrogens (tertiary/aromatic N) is 2. The van der Waals surface area contributed by atoms with Crippen LogP contribution in [0, 0.1) is 12.8 Å². The summed E-state index contributed by atoms with van der Waals surface area (Å²) in [7, 11) is 0. The van der Waals surface area contributed by atoms with Gasteiger partial charge in [-0.25, -0.2) is 0 Å². The van der Waals surface area contributed by atoms with E-state index in [9.17, 15) is 0 Å². The van der Waals surface area contributed by atoms with Gasteiger partial charge >= 0.3 is 0 Å². The van der Waals surface area contributed by atoms with Gasteiger partial charge in [-0.2, -0.15) is 0 Å². The molecule has 0 bridgehead atoms. The first-order valence-corrected chi connectivity index (χ1v) is 8.21. The Labute approximate surface area is 130 Å². The number of nitrogens with two attached hydrogens (primary N) is 1. The molecule has 2 rings (SSSR count). The van der Waals surface area contributed by atoms with E-state index in [2.05, 4.69) is 61.8 Å².